The zero-order valence-corrected chi connectivity index (χ0v) is 6.89. The van der Waals surface area contributed by atoms with E-state index in [1.165, 1.54) is 11.1 Å². The highest BCUT2D eigenvalue weighted by Crippen LogP contribution is 1.97. The summed E-state index contributed by atoms with van der Waals surface area (Å²) < 4.78 is 0. The van der Waals surface area contributed by atoms with Crippen LogP contribution in [0.3, 0.4) is 0 Å². The Balaban J connectivity index is 3.59. The number of benzene rings is 1. The molecule has 0 spiro atoms. The molecule has 1 N–H and O–H groups in total. The van der Waals surface area contributed by atoms with Gasteiger partial charge in [0.2, 0.25) is 0 Å². The number of hydrogen-bond donors (Lipinski definition) is 1. The highest BCUT2D eigenvalue weighted by atomic mass is 16.2. The molecule has 0 aliphatic carbocycles. The summed E-state index contributed by atoms with van der Waals surface area (Å²) in [5.41, 5.74) is 2.39. The summed E-state index contributed by atoms with van der Waals surface area (Å²) in [4.78, 5) is 0. The van der Waals surface area contributed by atoms with Crippen molar-refractivity contribution in [2.75, 3.05) is 0 Å². The van der Waals surface area contributed by atoms with Gasteiger partial charge in [0.1, 0.15) is 0 Å². The van der Waals surface area contributed by atoms with Gasteiger partial charge >= 0.3 is 0 Å². The van der Waals surface area contributed by atoms with Crippen molar-refractivity contribution in [3.8, 4) is 0 Å². The van der Waals surface area contributed by atoms with E-state index in [9.17, 15) is 0 Å². The van der Waals surface area contributed by atoms with Crippen molar-refractivity contribution < 1.29 is 5.11 Å². The van der Waals surface area contributed by atoms with Crippen LogP contribution in [-0.2, 0) is 0 Å². The molecule has 0 atom stereocenters. The third-order valence-electron chi connectivity index (χ3n) is 1.89. The standard InChI is InChI=1S/C10H12O/c1-7-4-9(3)10(6-11)5-8(7)2/h4-6,11H,3H2,1-2H3. The number of aliphatic hydroxyl groups excluding tert-OH is 1. The first kappa shape index (κ1) is 7.86. The van der Waals surface area contributed by atoms with Gasteiger partial charge in [-0.25, -0.2) is 0 Å². The van der Waals surface area contributed by atoms with Crippen LogP contribution in [0, 0.1) is 13.8 Å². The van der Waals surface area contributed by atoms with E-state index in [0.29, 0.717) is 0 Å². The molecule has 0 fully saturated rings. The Kier molecular flexibility index (Phi) is 1.99. The average molecular weight is 148 g/mol. The molecule has 0 saturated heterocycles. The number of rotatable bonds is 0. The first-order valence-electron chi connectivity index (χ1n) is 3.56. The van der Waals surface area contributed by atoms with E-state index in [4.69, 9.17) is 5.11 Å². The number of hydrogen-bond acceptors (Lipinski definition) is 1. The van der Waals surface area contributed by atoms with Gasteiger partial charge in [0.15, 0.2) is 0 Å². The van der Waals surface area contributed by atoms with Gasteiger partial charge in [0.05, 0.1) is 6.26 Å². The fourth-order valence-corrected chi connectivity index (χ4v) is 1.02. The van der Waals surface area contributed by atoms with Gasteiger partial charge in [-0.15, -0.1) is 0 Å². The van der Waals surface area contributed by atoms with E-state index in [1.807, 2.05) is 26.0 Å². The van der Waals surface area contributed by atoms with Crippen LogP contribution >= 0.6 is 0 Å². The van der Waals surface area contributed by atoms with Gasteiger partial charge in [-0.1, -0.05) is 12.6 Å². The number of aliphatic hydroxyl groups is 1. The predicted molar refractivity (Wildman–Crippen MR) is 47.8 cm³/mol. The Hall–Kier alpha value is -1.24. The van der Waals surface area contributed by atoms with Crippen LogP contribution < -0.4 is 10.4 Å². The maximum atomic E-state index is 8.77. The van der Waals surface area contributed by atoms with Crippen LogP contribution in [0.1, 0.15) is 11.1 Å². The number of aryl methyl sites for hydroxylation is 2. The van der Waals surface area contributed by atoms with Crippen molar-refractivity contribution in [3.05, 3.63) is 33.7 Å². The molecule has 58 valence electrons. The Morgan fingerprint density at radius 3 is 2.36 bits per heavy atom. The van der Waals surface area contributed by atoms with Crippen molar-refractivity contribution in [2.45, 2.75) is 13.8 Å². The fraction of sp³-hybridized carbons (Fsp3) is 0.200. The summed E-state index contributed by atoms with van der Waals surface area (Å²) >= 11 is 0. The minimum absolute atomic E-state index is 0.799. The lowest BCUT2D eigenvalue weighted by atomic mass is 10.1. The molecule has 11 heavy (non-hydrogen) atoms. The highest BCUT2D eigenvalue weighted by Gasteiger charge is 1.90. The average Bonchev–Trinajstić information content (AvgIpc) is 1.97. The quantitative estimate of drug-likeness (QED) is 0.582. The first-order chi connectivity index (χ1) is 5.15. The molecule has 1 rings (SSSR count). The molecular formula is C10H12O. The minimum atomic E-state index is 0.799. The van der Waals surface area contributed by atoms with Crippen molar-refractivity contribution >= 4 is 12.8 Å². The van der Waals surface area contributed by atoms with Gasteiger partial charge in [0.25, 0.3) is 0 Å². The van der Waals surface area contributed by atoms with Gasteiger partial charge in [-0.2, -0.15) is 0 Å². The molecule has 0 saturated carbocycles. The Morgan fingerprint density at radius 1 is 1.27 bits per heavy atom. The molecule has 1 nitrogen and oxygen atoms in total. The lowest BCUT2D eigenvalue weighted by molar-refractivity contribution is 0.540. The molecule has 1 aromatic carbocycles. The maximum absolute atomic E-state index is 8.77. The Labute approximate surface area is 66.3 Å². The van der Waals surface area contributed by atoms with E-state index in [0.717, 1.165) is 16.7 Å². The van der Waals surface area contributed by atoms with Crippen LogP contribution in [-0.4, -0.2) is 5.11 Å². The molecule has 0 aliphatic rings. The lowest BCUT2D eigenvalue weighted by Crippen LogP contribution is -2.23. The molecule has 0 heterocycles. The summed E-state index contributed by atoms with van der Waals surface area (Å²) in [5, 5.41) is 10.4. The van der Waals surface area contributed by atoms with E-state index < -0.39 is 0 Å². The zero-order chi connectivity index (χ0) is 8.43. The normalized spacial score (nSPS) is 12.0. The third-order valence-corrected chi connectivity index (χ3v) is 1.89. The second-order valence-electron chi connectivity index (χ2n) is 2.76. The minimum Gasteiger partial charge on any atom is -0.515 e. The lowest BCUT2D eigenvalue weighted by Gasteiger charge is -1.97. The van der Waals surface area contributed by atoms with Crippen LogP contribution in [0.4, 0.5) is 0 Å². The maximum Gasteiger partial charge on any atom is 0.0869 e. The van der Waals surface area contributed by atoms with Crippen LogP contribution in [0.25, 0.3) is 12.8 Å². The van der Waals surface area contributed by atoms with Crippen molar-refractivity contribution in [2.24, 2.45) is 0 Å². The topological polar surface area (TPSA) is 20.2 Å². The van der Waals surface area contributed by atoms with Gasteiger partial charge in [-0.3, -0.25) is 0 Å². The monoisotopic (exact) mass is 148 g/mol. The molecule has 0 amide bonds. The van der Waals surface area contributed by atoms with Gasteiger partial charge in [0, 0.05) is 5.22 Å². The molecule has 1 heteroatoms. The van der Waals surface area contributed by atoms with E-state index in [-0.39, 0.29) is 0 Å². The van der Waals surface area contributed by atoms with Crippen LogP contribution in [0.2, 0.25) is 0 Å². The Morgan fingerprint density at radius 2 is 1.82 bits per heavy atom. The summed E-state index contributed by atoms with van der Waals surface area (Å²) in [6, 6.07) is 3.90. The highest BCUT2D eigenvalue weighted by molar-refractivity contribution is 5.30. The van der Waals surface area contributed by atoms with Crippen LogP contribution in [0.15, 0.2) is 12.1 Å². The van der Waals surface area contributed by atoms with Crippen LogP contribution in [0.5, 0.6) is 0 Å². The molecular weight excluding hydrogens is 136 g/mol. The second-order valence-corrected chi connectivity index (χ2v) is 2.76. The first-order valence-corrected chi connectivity index (χ1v) is 3.56. The molecule has 1 aromatic rings. The largest absolute Gasteiger partial charge is 0.515 e. The summed E-state index contributed by atoms with van der Waals surface area (Å²) in [6.07, 6.45) is 1.09. The van der Waals surface area contributed by atoms with E-state index >= 15 is 0 Å². The third kappa shape index (κ3) is 1.43. The summed E-state index contributed by atoms with van der Waals surface area (Å²) in [6.45, 7) is 7.85. The van der Waals surface area contributed by atoms with E-state index in [2.05, 4.69) is 6.58 Å². The second kappa shape index (κ2) is 2.79. The summed E-state index contributed by atoms with van der Waals surface area (Å²) in [7, 11) is 0. The SMILES string of the molecule is C=c1cc(C)c(C)cc1=CO. The molecule has 0 unspecified atom stereocenters. The zero-order valence-electron chi connectivity index (χ0n) is 6.89. The van der Waals surface area contributed by atoms with Crippen molar-refractivity contribution in [1.82, 2.24) is 0 Å². The molecule has 0 bridgehead atoms. The Bertz CT molecular complexity index is 363. The summed E-state index contributed by atoms with van der Waals surface area (Å²) in [5.74, 6) is 0. The molecule has 0 aromatic heterocycles. The fourth-order valence-electron chi connectivity index (χ4n) is 1.02. The van der Waals surface area contributed by atoms with E-state index in [1.54, 1.807) is 0 Å². The predicted octanol–water partition coefficient (Wildman–Crippen LogP) is 1.01. The van der Waals surface area contributed by atoms with Crippen molar-refractivity contribution in [1.29, 1.82) is 0 Å². The molecule has 0 radical (unpaired) electrons. The van der Waals surface area contributed by atoms with Crippen molar-refractivity contribution in [3.63, 3.8) is 0 Å². The van der Waals surface area contributed by atoms with Gasteiger partial charge < -0.3 is 5.11 Å². The smallest absolute Gasteiger partial charge is 0.0869 e. The molecule has 0 aliphatic heterocycles. The van der Waals surface area contributed by atoms with Gasteiger partial charge in [-0.05, 0) is 36.3 Å².